The maximum Gasteiger partial charge on any atom is 0.257 e. The van der Waals surface area contributed by atoms with Gasteiger partial charge in [-0.3, -0.25) is 53.5 Å². The first-order chi connectivity index (χ1) is 34.3. The number of aryl methyl sites for hydroxylation is 1. The molecule has 2 N–H and O–H groups in total. The molecule has 3 aromatic heterocycles. The van der Waals surface area contributed by atoms with Gasteiger partial charge in [0, 0.05) is 113 Å². The first-order valence-corrected chi connectivity index (χ1v) is 25.8. The molecule has 4 amide bonds. The standard InChI is InChI=1S/C55H65FN10O5/c1-34-30-61(31-37-5-10-46-42(27-37)55(18-19-55)54(71)66(46)47-11-12-49(67)59-52(47)69)25-26-64(34)32-36-14-21-63(22-15-36)53(70)40-8-6-38(7-9-40)39-16-23-62(24-17-39)35(2)48-28-41-45(13-20-58-51(41)60(48)4)65-33-43(56)44(57-3)29-50(65)68/h5-10,13,20,27-29,33-36,39,47,57H,11-12,14-19,21-26,30-32H2,1-4H3,(H,59,67,69)/t34-,35-,47+/m0/s1. The number of fused-ring (bicyclic) bond motifs is 3. The van der Waals surface area contributed by atoms with Crippen molar-refractivity contribution in [2.24, 2.45) is 13.0 Å². The van der Waals surface area contributed by atoms with Gasteiger partial charge in [0.25, 0.3) is 11.5 Å². The van der Waals surface area contributed by atoms with Crippen molar-refractivity contribution in [3.8, 4) is 5.69 Å². The zero-order valence-corrected chi connectivity index (χ0v) is 41.3. The molecule has 8 heterocycles. The summed E-state index contributed by atoms with van der Waals surface area (Å²) < 4.78 is 18.2. The maximum absolute atomic E-state index is 14.8. The molecule has 71 heavy (non-hydrogen) atoms. The second-order valence-corrected chi connectivity index (χ2v) is 21.2. The Kier molecular flexibility index (Phi) is 12.4. The highest BCUT2D eigenvalue weighted by molar-refractivity contribution is 6.15. The number of piperazine rings is 1. The molecule has 0 bridgehead atoms. The average Bonchev–Trinajstić information content (AvgIpc) is 4.08. The Labute approximate surface area is 414 Å². The molecular formula is C55H65FN10O5. The topological polar surface area (TPSA) is 148 Å². The van der Waals surface area contributed by atoms with E-state index in [-0.39, 0.29) is 47.3 Å². The van der Waals surface area contributed by atoms with Crippen molar-refractivity contribution in [2.75, 3.05) is 69.6 Å². The Balaban J connectivity index is 0.641. The van der Waals surface area contributed by atoms with Crippen LogP contribution >= 0.6 is 0 Å². The number of anilines is 2. The first-order valence-electron chi connectivity index (χ1n) is 25.8. The highest BCUT2D eigenvalue weighted by Crippen LogP contribution is 2.58. The van der Waals surface area contributed by atoms with Gasteiger partial charge in [0.2, 0.25) is 17.7 Å². The van der Waals surface area contributed by atoms with E-state index < -0.39 is 17.3 Å². The molecule has 3 atom stereocenters. The van der Waals surface area contributed by atoms with Crippen LogP contribution in [0, 0.1) is 11.7 Å². The van der Waals surface area contributed by atoms with Crippen molar-refractivity contribution in [1.82, 2.24) is 39.0 Å². The molecule has 1 aliphatic carbocycles. The van der Waals surface area contributed by atoms with Crippen molar-refractivity contribution in [3.63, 3.8) is 0 Å². The number of pyridine rings is 2. The number of nitrogens with zero attached hydrogens (tertiary/aromatic N) is 8. The molecule has 16 heteroatoms. The van der Waals surface area contributed by atoms with Gasteiger partial charge in [-0.2, -0.15) is 0 Å². The van der Waals surface area contributed by atoms with Gasteiger partial charge in [-0.1, -0.05) is 24.3 Å². The van der Waals surface area contributed by atoms with Crippen LogP contribution in [0.4, 0.5) is 15.8 Å². The molecular weight excluding hydrogens is 900 g/mol. The quantitative estimate of drug-likeness (QED) is 0.149. The number of nitrogens with one attached hydrogen (secondary N) is 2. The minimum atomic E-state index is -0.636. The zero-order chi connectivity index (χ0) is 49.3. The van der Waals surface area contributed by atoms with Gasteiger partial charge in [0.15, 0.2) is 5.82 Å². The molecule has 6 aliphatic rings. The molecule has 11 rings (SSSR count). The second-order valence-electron chi connectivity index (χ2n) is 21.2. The van der Waals surface area contributed by atoms with Crippen molar-refractivity contribution in [3.05, 3.63) is 117 Å². The SMILES string of the molecule is CNc1cc(=O)n(-c2ccnc3c2cc([C@H](C)N2CCC(c4ccc(C(=O)N5CCC(CN6CCN(Cc7ccc8c(c7)C7(CC7)C(=O)N8[C@@H]7CCC(=O)NC7=O)C[C@@H]6C)CC5)cc4)CC2)n3C)cc1F. The Morgan fingerprint density at radius 3 is 2.37 bits per heavy atom. The zero-order valence-electron chi connectivity index (χ0n) is 41.3. The number of amides is 4. The van der Waals surface area contributed by atoms with Crippen LogP contribution in [0.3, 0.4) is 0 Å². The number of benzene rings is 2. The summed E-state index contributed by atoms with van der Waals surface area (Å²) >= 11 is 0. The maximum atomic E-state index is 14.8. The number of piperidine rings is 3. The van der Waals surface area contributed by atoms with E-state index in [1.807, 2.05) is 30.1 Å². The van der Waals surface area contributed by atoms with Gasteiger partial charge in [-0.25, -0.2) is 9.37 Å². The van der Waals surface area contributed by atoms with Gasteiger partial charge in [-0.15, -0.1) is 0 Å². The summed E-state index contributed by atoms with van der Waals surface area (Å²) in [5.41, 5.74) is 6.83. The van der Waals surface area contributed by atoms with Crippen LogP contribution in [-0.2, 0) is 33.4 Å². The summed E-state index contributed by atoms with van der Waals surface area (Å²) in [4.78, 5) is 81.1. The third kappa shape index (κ3) is 8.64. The van der Waals surface area contributed by atoms with Gasteiger partial charge >= 0.3 is 0 Å². The molecule has 1 saturated carbocycles. The smallest absolute Gasteiger partial charge is 0.257 e. The van der Waals surface area contributed by atoms with Gasteiger partial charge in [0.05, 0.1) is 23.0 Å². The van der Waals surface area contributed by atoms with Crippen LogP contribution in [0.2, 0.25) is 0 Å². The van der Waals surface area contributed by atoms with Crippen molar-refractivity contribution in [1.29, 1.82) is 0 Å². The van der Waals surface area contributed by atoms with E-state index in [0.29, 0.717) is 30.0 Å². The highest BCUT2D eigenvalue weighted by atomic mass is 19.1. The third-order valence-electron chi connectivity index (χ3n) is 17.0. The lowest BCUT2D eigenvalue weighted by atomic mass is 9.88. The number of imide groups is 1. The largest absolute Gasteiger partial charge is 0.386 e. The molecule has 1 spiro atoms. The summed E-state index contributed by atoms with van der Waals surface area (Å²) in [6.45, 7) is 12.7. The number of likely N-dealkylation sites (tertiary alicyclic amines) is 2. The Bertz CT molecular complexity index is 2970. The molecule has 15 nitrogen and oxygen atoms in total. The number of aromatic nitrogens is 3. The van der Waals surface area contributed by atoms with E-state index in [2.05, 4.69) is 79.1 Å². The number of hydrogen-bond donors (Lipinski definition) is 2. The van der Waals surface area contributed by atoms with E-state index >= 15 is 0 Å². The minimum absolute atomic E-state index is 0.00569. The van der Waals surface area contributed by atoms with E-state index in [9.17, 15) is 28.4 Å². The van der Waals surface area contributed by atoms with E-state index in [1.54, 1.807) is 24.2 Å². The van der Waals surface area contributed by atoms with Crippen LogP contribution in [0.25, 0.3) is 16.7 Å². The van der Waals surface area contributed by atoms with Crippen molar-refractivity contribution >= 4 is 46.0 Å². The number of carbonyl (C=O) groups is 4. The van der Waals surface area contributed by atoms with Crippen LogP contribution in [0.15, 0.2) is 77.9 Å². The molecule has 5 fully saturated rings. The van der Waals surface area contributed by atoms with Crippen molar-refractivity contribution in [2.45, 2.75) is 101 Å². The summed E-state index contributed by atoms with van der Waals surface area (Å²) in [5, 5.41) is 5.97. The number of carbonyl (C=O) groups excluding carboxylic acids is 4. The van der Waals surface area contributed by atoms with Crippen LogP contribution in [0.1, 0.15) is 110 Å². The predicted molar refractivity (Wildman–Crippen MR) is 270 cm³/mol. The molecule has 2 aromatic carbocycles. The van der Waals surface area contributed by atoms with Gasteiger partial charge < -0.3 is 14.8 Å². The van der Waals surface area contributed by atoms with Gasteiger partial charge in [-0.05, 0) is 131 Å². The fraction of sp³-hybridized carbons (Fsp3) is 0.491. The minimum Gasteiger partial charge on any atom is -0.386 e. The first kappa shape index (κ1) is 47.1. The average molecular weight is 965 g/mol. The summed E-state index contributed by atoms with van der Waals surface area (Å²) in [6.07, 6.45) is 9.11. The highest BCUT2D eigenvalue weighted by Gasteiger charge is 2.61. The molecule has 0 radical (unpaired) electrons. The third-order valence-corrected chi connectivity index (χ3v) is 17.0. The van der Waals surface area contributed by atoms with Crippen LogP contribution < -0.4 is 21.1 Å². The fourth-order valence-electron chi connectivity index (χ4n) is 12.6. The predicted octanol–water partition coefficient (Wildman–Crippen LogP) is 6.09. The van der Waals surface area contributed by atoms with Crippen LogP contribution in [0.5, 0.6) is 0 Å². The van der Waals surface area contributed by atoms with Crippen molar-refractivity contribution < 1.29 is 23.6 Å². The summed E-state index contributed by atoms with van der Waals surface area (Å²) in [7, 11) is 3.59. The lowest BCUT2D eigenvalue weighted by Gasteiger charge is -2.42. The van der Waals surface area contributed by atoms with E-state index in [1.165, 1.54) is 28.0 Å². The molecule has 4 saturated heterocycles. The number of hydrogen-bond acceptors (Lipinski definition) is 10. The Morgan fingerprint density at radius 2 is 1.66 bits per heavy atom. The Morgan fingerprint density at radius 1 is 0.901 bits per heavy atom. The molecule has 5 aromatic rings. The second kappa shape index (κ2) is 18.7. The summed E-state index contributed by atoms with van der Waals surface area (Å²) in [6, 6.07) is 19.7. The fourth-order valence-corrected chi connectivity index (χ4v) is 12.6. The monoisotopic (exact) mass is 965 g/mol. The normalized spacial score (nSPS) is 22.9. The summed E-state index contributed by atoms with van der Waals surface area (Å²) in [5.74, 6) is -0.0753. The molecule has 0 unspecified atom stereocenters. The lowest BCUT2D eigenvalue weighted by molar-refractivity contribution is -0.135. The molecule has 5 aliphatic heterocycles. The van der Waals surface area contributed by atoms with E-state index in [0.717, 1.165) is 131 Å². The van der Waals surface area contributed by atoms with Crippen LogP contribution in [-0.4, -0.2) is 129 Å². The number of halogens is 1. The number of rotatable bonds is 11. The molecule has 372 valence electrons. The lowest BCUT2D eigenvalue weighted by Crippen LogP contribution is -2.54. The van der Waals surface area contributed by atoms with E-state index in [4.69, 9.17) is 0 Å². The Hall–Kier alpha value is -6.23. The van der Waals surface area contributed by atoms with Gasteiger partial charge in [0.1, 0.15) is 11.7 Å².